The van der Waals surface area contributed by atoms with Crippen LogP contribution in [0, 0.1) is 0 Å². The molecule has 0 spiro atoms. The Hall–Kier alpha value is -1.32. The first-order valence-corrected chi connectivity index (χ1v) is 8.13. The van der Waals surface area contributed by atoms with Crippen LogP contribution in [-0.2, 0) is 6.42 Å². The van der Waals surface area contributed by atoms with E-state index >= 15 is 0 Å². The number of thioether (sulfide) groups is 1. The topological polar surface area (TPSA) is 24.9 Å². The number of aromatic nitrogens is 1. The van der Waals surface area contributed by atoms with E-state index in [-0.39, 0.29) is 0 Å². The molecule has 20 heavy (non-hydrogen) atoms. The zero-order chi connectivity index (χ0) is 14.2. The van der Waals surface area contributed by atoms with Gasteiger partial charge in [-0.05, 0) is 49.2 Å². The van der Waals surface area contributed by atoms with Gasteiger partial charge in [0.1, 0.15) is 0 Å². The van der Waals surface area contributed by atoms with Crippen LogP contribution in [-0.4, -0.2) is 17.3 Å². The zero-order valence-corrected chi connectivity index (χ0v) is 13.0. The summed E-state index contributed by atoms with van der Waals surface area (Å²) in [7, 11) is 0. The number of benzene rings is 1. The van der Waals surface area contributed by atoms with Crippen LogP contribution in [0.2, 0.25) is 0 Å². The molecule has 2 rings (SSSR count). The highest BCUT2D eigenvalue weighted by molar-refractivity contribution is 7.99. The number of rotatable bonds is 7. The number of nitrogens with zero attached hydrogens (tertiary/aromatic N) is 1. The first-order chi connectivity index (χ1) is 9.79. The summed E-state index contributed by atoms with van der Waals surface area (Å²) in [5.41, 5.74) is 2.66. The largest absolute Gasteiger partial charge is 0.310 e. The van der Waals surface area contributed by atoms with E-state index < -0.39 is 0 Å². The fourth-order valence-electron chi connectivity index (χ4n) is 2.13. The highest BCUT2D eigenvalue weighted by Gasteiger charge is 2.04. The van der Waals surface area contributed by atoms with E-state index in [2.05, 4.69) is 54.5 Å². The molecule has 0 radical (unpaired) electrons. The van der Waals surface area contributed by atoms with Crippen molar-refractivity contribution >= 4 is 11.8 Å². The van der Waals surface area contributed by atoms with Gasteiger partial charge in [0.05, 0.1) is 0 Å². The van der Waals surface area contributed by atoms with Gasteiger partial charge in [0.25, 0.3) is 0 Å². The smallest absolute Gasteiger partial charge is 0.0300 e. The van der Waals surface area contributed by atoms with Crippen molar-refractivity contribution in [2.75, 3.05) is 12.3 Å². The molecule has 0 aliphatic rings. The molecule has 1 atom stereocenters. The van der Waals surface area contributed by atoms with E-state index in [9.17, 15) is 0 Å². The van der Waals surface area contributed by atoms with Gasteiger partial charge in [0.2, 0.25) is 0 Å². The Morgan fingerprint density at radius 2 is 2.15 bits per heavy atom. The van der Waals surface area contributed by atoms with Crippen molar-refractivity contribution in [2.24, 2.45) is 0 Å². The highest BCUT2D eigenvalue weighted by Crippen LogP contribution is 2.23. The summed E-state index contributed by atoms with van der Waals surface area (Å²) in [5, 5.41) is 3.45. The van der Waals surface area contributed by atoms with E-state index in [0.29, 0.717) is 6.04 Å². The quantitative estimate of drug-likeness (QED) is 0.776. The van der Waals surface area contributed by atoms with Gasteiger partial charge in [-0.3, -0.25) is 4.98 Å². The number of hydrogen-bond donors (Lipinski definition) is 1. The summed E-state index contributed by atoms with van der Waals surface area (Å²) >= 11 is 1.91. The molecule has 1 N–H and O–H groups in total. The van der Waals surface area contributed by atoms with Gasteiger partial charge in [0, 0.05) is 29.1 Å². The third-order valence-electron chi connectivity index (χ3n) is 3.25. The number of nitrogens with one attached hydrogen (secondary N) is 1. The molecule has 0 bridgehead atoms. The molecule has 0 amide bonds. The second kappa shape index (κ2) is 8.08. The van der Waals surface area contributed by atoms with Crippen LogP contribution in [0.25, 0.3) is 0 Å². The molecule has 1 aromatic carbocycles. The summed E-state index contributed by atoms with van der Waals surface area (Å²) < 4.78 is 0. The molecule has 1 heterocycles. The second-order valence-electron chi connectivity index (χ2n) is 4.81. The summed E-state index contributed by atoms with van der Waals surface area (Å²) in [6, 6.07) is 13.4. The average molecular weight is 286 g/mol. The third-order valence-corrected chi connectivity index (χ3v) is 4.25. The van der Waals surface area contributed by atoms with Crippen molar-refractivity contribution in [1.29, 1.82) is 0 Å². The Labute approximate surface area is 126 Å². The maximum Gasteiger partial charge on any atom is 0.0300 e. The molecule has 0 aliphatic carbocycles. The minimum absolute atomic E-state index is 0.416. The van der Waals surface area contributed by atoms with Gasteiger partial charge in [-0.15, -0.1) is 11.8 Å². The van der Waals surface area contributed by atoms with Crippen molar-refractivity contribution in [3.8, 4) is 0 Å². The van der Waals surface area contributed by atoms with Crippen molar-refractivity contribution in [3.63, 3.8) is 0 Å². The van der Waals surface area contributed by atoms with Crippen LogP contribution >= 0.6 is 11.8 Å². The SMILES string of the molecule is CCNC(C)c1cccc(SCCc2cccnc2)c1. The fourth-order valence-corrected chi connectivity index (χ4v) is 3.10. The molecule has 106 valence electrons. The van der Waals surface area contributed by atoms with Gasteiger partial charge in [-0.25, -0.2) is 0 Å². The van der Waals surface area contributed by atoms with Crippen molar-refractivity contribution in [3.05, 3.63) is 59.9 Å². The van der Waals surface area contributed by atoms with Crippen LogP contribution < -0.4 is 5.32 Å². The summed E-state index contributed by atoms with van der Waals surface area (Å²) in [6.07, 6.45) is 4.83. The van der Waals surface area contributed by atoms with Gasteiger partial charge in [-0.2, -0.15) is 0 Å². The van der Waals surface area contributed by atoms with Crippen LogP contribution in [0.4, 0.5) is 0 Å². The van der Waals surface area contributed by atoms with E-state index in [4.69, 9.17) is 0 Å². The molecule has 0 aliphatic heterocycles. The van der Waals surface area contributed by atoms with E-state index in [1.165, 1.54) is 16.0 Å². The number of hydrogen-bond acceptors (Lipinski definition) is 3. The normalized spacial score (nSPS) is 12.3. The molecule has 0 fully saturated rings. The van der Waals surface area contributed by atoms with Crippen molar-refractivity contribution in [2.45, 2.75) is 31.2 Å². The first-order valence-electron chi connectivity index (χ1n) is 7.14. The van der Waals surface area contributed by atoms with Gasteiger partial charge >= 0.3 is 0 Å². The molecular formula is C17H22N2S. The maximum atomic E-state index is 4.15. The maximum absolute atomic E-state index is 4.15. The minimum Gasteiger partial charge on any atom is -0.310 e. The fraction of sp³-hybridized carbons (Fsp3) is 0.353. The standard InChI is InChI=1S/C17H22N2S/c1-3-19-14(2)16-7-4-8-17(12-16)20-11-9-15-6-5-10-18-13-15/h4-8,10,12-14,19H,3,9,11H2,1-2H3. The average Bonchev–Trinajstić information content (AvgIpc) is 2.49. The van der Waals surface area contributed by atoms with Gasteiger partial charge in [-0.1, -0.05) is 25.1 Å². The molecule has 1 aromatic heterocycles. The monoisotopic (exact) mass is 286 g/mol. The predicted octanol–water partition coefficient (Wildman–Crippen LogP) is 4.09. The van der Waals surface area contributed by atoms with Crippen LogP contribution in [0.3, 0.4) is 0 Å². The molecule has 2 nitrogen and oxygen atoms in total. The Balaban J connectivity index is 1.88. The van der Waals surface area contributed by atoms with Crippen molar-refractivity contribution in [1.82, 2.24) is 10.3 Å². The predicted molar refractivity (Wildman–Crippen MR) is 87.2 cm³/mol. The molecule has 1 unspecified atom stereocenters. The van der Waals surface area contributed by atoms with E-state index in [1.807, 2.05) is 30.2 Å². The third kappa shape index (κ3) is 4.66. The summed E-state index contributed by atoms with van der Waals surface area (Å²) in [5.74, 6) is 1.09. The summed E-state index contributed by atoms with van der Waals surface area (Å²) in [4.78, 5) is 5.49. The highest BCUT2D eigenvalue weighted by atomic mass is 32.2. The summed E-state index contributed by atoms with van der Waals surface area (Å²) in [6.45, 7) is 5.35. The van der Waals surface area contributed by atoms with Crippen molar-refractivity contribution < 1.29 is 0 Å². The molecular weight excluding hydrogens is 264 g/mol. The zero-order valence-electron chi connectivity index (χ0n) is 12.2. The van der Waals surface area contributed by atoms with Crippen LogP contribution in [0.15, 0.2) is 53.7 Å². The van der Waals surface area contributed by atoms with E-state index in [1.54, 1.807) is 0 Å². The van der Waals surface area contributed by atoms with Crippen LogP contribution in [0.1, 0.15) is 31.0 Å². The lowest BCUT2D eigenvalue weighted by atomic mass is 10.1. The van der Waals surface area contributed by atoms with E-state index in [0.717, 1.165) is 18.7 Å². The Morgan fingerprint density at radius 3 is 2.90 bits per heavy atom. The lowest BCUT2D eigenvalue weighted by Gasteiger charge is -2.13. The lowest BCUT2D eigenvalue weighted by molar-refractivity contribution is 0.597. The molecule has 2 aromatic rings. The lowest BCUT2D eigenvalue weighted by Crippen LogP contribution is -2.17. The second-order valence-corrected chi connectivity index (χ2v) is 5.98. The molecule has 0 saturated heterocycles. The minimum atomic E-state index is 0.416. The first kappa shape index (κ1) is 15.1. The number of pyridine rings is 1. The number of aryl methyl sites for hydroxylation is 1. The Kier molecular flexibility index (Phi) is 6.09. The molecule has 3 heteroatoms. The van der Waals surface area contributed by atoms with Crippen LogP contribution in [0.5, 0.6) is 0 Å². The Bertz CT molecular complexity index is 513. The molecule has 0 saturated carbocycles. The Morgan fingerprint density at radius 1 is 1.25 bits per heavy atom. The van der Waals surface area contributed by atoms with Gasteiger partial charge < -0.3 is 5.32 Å². The van der Waals surface area contributed by atoms with Gasteiger partial charge in [0.15, 0.2) is 0 Å².